The van der Waals surface area contributed by atoms with Crippen molar-refractivity contribution in [3.8, 4) is 0 Å². The first kappa shape index (κ1) is 21.3. The molecule has 0 unspecified atom stereocenters. The van der Waals surface area contributed by atoms with Gasteiger partial charge in [0.2, 0.25) is 11.8 Å². The lowest BCUT2D eigenvalue weighted by atomic mass is 10.1. The Kier molecular flexibility index (Phi) is 9.40. The third-order valence-corrected chi connectivity index (χ3v) is 3.69. The van der Waals surface area contributed by atoms with Crippen molar-refractivity contribution in [2.24, 2.45) is 4.99 Å². The van der Waals surface area contributed by atoms with Gasteiger partial charge in [-0.05, 0) is 31.0 Å². The average molecular weight is 462 g/mol. The van der Waals surface area contributed by atoms with Crippen LogP contribution in [0.15, 0.2) is 29.3 Å². The predicted molar refractivity (Wildman–Crippen MR) is 105 cm³/mol. The summed E-state index contributed by atoms with van der Waals surface area (Å²) < 4.78 is 12.9. The average Bonchev–Trinajstić information content (AvgIpc) is 2.56. The fraction of sp³-hybridized carbons (Fsp3) is 0.471. The number of imide groups is 1. The molecule has 1 aromatic rings. The summed E-state index contributed by atoms with van der Waals surface area (Å²) in [6, 6.07) is 6.18. The topological polar surface area (TPSA) is 73.8 Å². The van der Waals surface area contributed by atoms with Gasteiger partial charge in [-0.1, -0.05) is 12.1 Å². The minimum atomic E-state index is -0.274. The largest absolute Gasteiger partial charge is 0.357 e. The van der Waals surface area contributed by atoms with Gasteiger partial charge in [0.25, 0.3) is 0 Å². The first-order valence-electron chi connectivity index (χ1n) is 8.20. The molecular formula is C17H24FIN4O2. The maximum absolute atomic E-state index is 12.9. The van der Waals surface area contributed by atoms with Crippen LogP contribution < -0.4 is 10.6 Å². The molecule has 0 aromatic heterocycles. The van der Waals surface area contributed by atoms with Crippen molar-refractivity contribution in [1.29, 1.82) is 0 Å². The summed E-state index contributed by atoms with van der Waals surface area (Å²) in [6.45, 7) is 3.83. The van der Waals surface area contributed by atoms with Gasteiger partial charge in [-0.15, -0.1) is 24.0 Å². The molecular weight excluding hydrogens is 438 g/mol. The van der Waals surface area contributed by atoms with E-state index >= 15 is 0 Å². The lowest BCUT2D eigenvalue weighted by molar-refractivity contribution is -0.147. The van der Waals surface area contributed by atoms with Crippen molar-refractivity contribution in [2.45, 2.75) is 32.7 Å². The second-order valence-corrected chi connectivity index (χ2v) is 5.54. The molecule has 138 valence electrons. The number of piperidine rings is 1. The number of guanidine groups is 1. The number of nitrogens with zero attached hydrogens (tertiary/aromatic N) is 2. The fourth-order valence-electron chi connectivity index (χ4n) is 2.44. The molecule has 2 N–H and O–H groups in total. The molecule has 1 saturated heterocycles. The molecule has 25 heavy (non-hydrogen) atoms. The molecule has 1 heterocycles. The normalized spacial score (nSPS) is 15.0. The Morgan fingerprint density at radius 3 is 2.40 bits per heavy atom. The number of nitrogens with one attached hydrogen (secondary N) is 2. The minimum absolute atomic E-state index is 0. The van der Waals surface area contributed by atoms with Gasteiger partial charge in [-0.3, -0.25) is 14.5 Å². The lowest BCUT2D eigenvalue weighted by Gasteiger charge is -2.25. The van der Waals surface area contributed by atoms with Crippen LogP contribution in [0.5, 0.6) is 0 Å². The van der Waals surface area contributed by atoms with Crippen molar-refractivity contribution in [3.05, 3.63) is 35.6 Å². The number of amides is 2. The summed E-state index contributed by atoms with van der Waals surface area (Å²) in [5.74, 6) is 0.102. The molecule has 0 atom stereocenters. The number of carbonyl (C=O) groups is 2. The zero-order chi connectivity index (χ0) is 17.4. The summed E-state index contributed by atoms with van der Waals surface area (Å²) in [4.78, 5) is 29.2. The minimum Gasteiger partial charge on any atom is -0.357 e. The number of rotatable bonds is 6. The third kappa shape index (κ3) is 6.97. The van der Waals surface area contributed by atoms with E-state index in [4.69, 9.17) is 0 Å². The van der Waals surface area contributed by atoms with Crippen LogP contribution in [0.3, 0.4) is 0 Å². The van der Waals surface area contributed by atoms with Crippen LogP contribution in [-0.2, 0) is 16.1 Å². The van der Waals surface area contributed by atoms with Gasteiger partial charge in [0, 0.05) is 32.5 Å². The van der Waals surface area contributed by atoms with Crippen LogP contribution in [0.25, 0.3) is 0 Å². The summed E-state index contributed by atoms with van der Waals surface area (Å²) in [7, 11) is 0. The number of hydrogen-bond acceptors (Lipinski definition) is 3. The summed E-state index contributed by atoms with van der Waals surface area (Å²) in [5, 5.41) is 6.21. The number of halogens is 2. The smallest absolute Gasteiger partial charge is 0.229 e. The molecule has 2 amide bonds. The Bertz CT molecular complexity index is 591. The molecule has 1 aliphatic rings. The molecule has 1 aromatic carbocycles. The van der Waals surface area contributed by atoms with E-state index in [-0.39, 0.29) is 41.6 Å². The van der Waals surface area contributed by atoms with Gasteiger partial charge >= 0.3 is 0 Å². The highest BCUT2D eigenvalue weighted by Gasteiger charge is 2.25. The molecule has 0 aliphatic carbocycles. The summed E-state index contributed by atoms with van der Waals surface area (Å²) >= 11 is 0. The van der Waals surface area contributed by atoms with E-state index in [9.17, 15) is 14.0 Å². The zero-order valence-corrected chi connectivity index (χ0v) is 16.6. The quantitative estimate of drug-likeness (QED) is 0.294. The Labute approximate surface area is 164 Å². The van der Waals surface area contributed by atoms with Gasteiger partial charge in [0.1, 0.15) is 5.82 Å². The SMILES string of the molecule is CCNC(=NCc1ccc(F)cc1)NCCN1C(=O)CCCC1=O.I. The highest BCUT2D eigenvalue weighted by molar-refractivity contribution is 14.0. The highest BCUT2D eigenvalue weighted by atomic mass is 127. The van der Waals surface area contributed by atoms with Crippen LogP contribution in [0.1, 0.15) is 31.7 Å². The number of hydrogen-bond donors (Lipinski definition) is 2. The van der Waals surface area contributed by atoms with Crippen LogP contribution >= 0.6 is 24.0 Å². The molecule has 2 rings (SSSR count). The van der Waals surface area contributed by atoms with Crippen LogP contribution in [0.4, 0.5) is 4.39 Å². The summed E-state index contributed by atoms with van der Waals surface area (Å²) in [6.07, 6.45) is 1.51. The third-order valence-electron chi connectivity index (χ3n) is 3.69. The molecule has 6 nitrogen and oxygen atoms in total. The molecule has 8 heteroatoms. The lowest BCUT2D eigenvalue weighted by Crippen LogP contribution is -2.46. The number of aliphatic imine (C=N–C) groups is 1. The van der Waals surface area contributed by atoms with Crippen LogP contribution in [0, 0.1) is 5.82 Å². The van der Waals surface area contributed by atoms with E-state index in [1.54, 1.807) is 12.1 Å². The van der Waals surface area contributed by atoms with Gasteiger partial charge in [-0.25, -0.2) is 9.38 Å². The fourth-order valence-corrected chi connectivity index (χ4v) is 2.44. The van der Waals surface area contributed by atoms with Crippen LogP contribution in [-0.4, -0.2) is 42.3 Å². The van der Waals surface area contributed by atoms with E-state index in [1.807, 2.05) is 6.92 Å². The van der Waals surface area contributed by atoms with Crippen molar-refractivity contribution in [2.75, 3.05) is 19.6 Å². The Hall–Kier alpha value is -1.71. The van der Waals surface area contributed by atoms with Crippen molar-refractivity contribution in [1.82, 2.24) is 15.5 Å². The Morgan fingerprint density at radius 2 is 1.80 bits per heavy atom. The molecule has 1 aliphatic heterocycles. The van der Waals surface area contributed by atoms with Gasteiger partial charge < -0.3 is 10.6 Å². The Morgan fingerprint density at radius 1 is 1.16 bits per heavy atom. The van der Waals surface area contributed by atoms with E-state index in [1.165, 1.54) is 17.0 Å². The predicted octanol–water partition coefficient (Wildman–Crippen LogP) is 2.04. The monoisotopic (exact) mass is 462 g/mol. The zero-order valence-electron chi connectivity index (χ0n) is 14.3. The molecule has 0 radical (unpaired) electrons. The number of carbonyl (C=O) groups excluding carboxylic acids is 2. The van der Waals surface area contributed by atoms with Crippen LogP contribution in [0.2, 0.25) is 0 Å². The van der Waals surface area contributed by atoms with Crippen molar-refractivity contribution >= 4 is 41.8 Å². The van der Waals surface area contributed by atoms with E-state index in [0.29, 0.717) is 51.4 Å². The van der Waals surface area contributed by atoms with Crippen molar-refractivity contribution < 1.29 is 14.0 Å². The number of likely N-dealkylation sites (tertiary alicyclic amines) is 1. The second-order valence-electron chi connectivity index (χ2n) is 5.54. The highest BCUT2D eigenvalue weighted by Crippen LogP contribution is 2.11. The molecule has 0 saturated carbocycles. The maximum Gasteiger partial charge on any atom is 0.229 e. The first-order valence-corrected chi connectivity index (χ1v) is 8.20. The van der Waals surface area contributed by atoms with Gasteiger partial charge in [-0.2, -0.15) is 0 Å². The number of benzene rings is 1. The van der Waals surface area contributed by atoms with E-state index in [0.717, 1.165) is 5.56 Å². The van der Waals surface area contributed by atoms with Gasteiger partial charge in [0.05, 0.1) is 6.54 Å². The van der Waals surface area contributed by atoms with E-state index < -0.39 is 0 Å². The standard InChI is InChI=1S/C17H23FN4O2.HI/c1-2-19-17(21-12-13-6-8-14(18)9-7-13)20-10-11-22-15(23)4-3-5-16(22)24;/h6-9H,2-5,10-12H2,1H3,(H2,19,20,21);1H. The molecule has 0 spiro atoms. The van der Waals surface area contributed by atoms with Gasteiger partial charge in [0.15, 0.2) is 5.96 Å². The molecule has 0 bridgehead atoms. The van der Waals surface area contributed by atoms with Crippen molar-refractivity contribution in [3.63, 3.8) is 0 Å². The second kappa shape index (κ2) is 11.0. The first-order chi connectivity index (χ1) is 11.6. The van der Waals surface area contributed by atoms with E-state index in [2.05, 4.69) is 15.6 Å². The maximum atomic E-state index is 12.9. The molecule has 1 fully saturated rings. The Balaban J connectivity index is 0.00000312. The summed E-state index contributed by atoms with van der Waals surface area (Å²) in [5.41, 5.74) is 0.898.